The van der Waals surface area contributed by atoms with E-state index in [-0.39, 0.29) is 0 Å². The molecular formula is C15H15BrClNO2. The van der Waals surface area contributed by atoms with Gasteiger partial charge in [0.2, 0.25) is 0 Å². The molecule has 0 bridgehead atoms. The van der Waals surface area contributed by atoms with Crippen molar-refractivity contribution in [2.45, 2.75) is 6.10 Å². The van der Waals surface area contributed by atoms with Gasteiger partial charge in [0.25, 0.3) is 0 Å². The standard InChI is InChI=1S/C15H15BrClNO2/c1-20-12-4-2-3-10(7-12)15(19)9-18-14-6-5-11(17)8-13(14)16/h2-8,15,18-19H,9H2,1H3. The number of aliphatic hydroxyl groups excluding tert-OH is 1. The lowest BCUT2D eigenvalue weighted by molar-refractivity contribution is 0.191. The first-order valence-electron chi connectivity index (χ1n) is 6.11. The Labute approximate surface area is 131 Å². The molecule has 2 aromatic carbocycles. The summed E-state index contributed by atoms with van der Waals surface area (Å²) in [5, 5.41) is 14.0. The van der Waals surface area contributed by atoms with Crippen LogP contribution in [0.3, 0.4) is 0 Å². The van der Waals surface area contributed by atoms with Gasteiger partial charge in [-0.05, 0) is 51.8 Å². The number of halogens is 2. The smallest absolute Gasteiger partial charge is 0.119 e. The number of benzene rings is 2. The zero-order valence-electron chi connectivity index (χ0n) is 10.9. The zero-order valence-corrected chi connectivity index (χ0v) is 13.3. The molecule has 0 radical (unpaired) electrons. The van der Waals surface area contributed by atoms with Crippen molar-refractivity contribution in [1.29, 1.82) is 0 Å². The van der Waals surface area contributed by atoms with Crippen molar-refractivity contribution < 1.29 is 9.84 Å². The second kappa shape index (κ2) is 6.97. The molecule has 2 N–H and O–H groups in total. The highest BCUT2D eigenvalue weighted by Gasteiger charge is 2.09. The predicted octanol–water partition coefficient (Wildman–Crippen LogP) is 4.26. The van der Waals surface area contributed by atoms with Gasteiger partial charge < -0.3 is 15.2 Å². The van der Waals surface area contributed by atoms with Crippen molar-refractivity contribution in [1.82, 2.24) is 0 Å². The maximum Gasteiger partial charge on any atom is 0.119 e. The van der Waals surface area contributed by atoms with Crippen LogP contribution in [0.5, 0.6) is 5.75 Å². The minimum atomic E-state index is -0.618. The topological polar surface area (TPSA) is 41.5 Å². The summed E-state index contributed by atoms with van der Waals surface area (Å²) < 4.78 is 6.01. The molecule has 1 unspecified atom stereocenters. The van der Waals surface area contributed by atoms with E-state index in [0.29, 0.717) is 11.6 Å². The summed E-state index contributed by atoms with van der Waals surface area (Å²) in [6.07, 6.45) is -0.618. The number of hydrogen-bond acceptors (Lipinski definition) is 3. The van der Waals surface area contributed by atoms with Crippen LogP contribution in [0.25, 0.3) is 0 Å². The fraction of sp³-hybridized carbons (Fsp3) is 0.200. The van der Waals surface area contributed by atoms with Crippen LogP contribution < -0.4 is 10.1 Å². The SMILES string of the molecule is COc1cccc(C(O)CNc2ccc(Cl)cc2Br)c1. The number of methoxy groups -OCH3 is 1. The Morgan fingerprint density at radius 1 is 1.30 bits per heavy atom. The molecule has 0 aliphatic heterocycles. The van der Waals surface area contributed by atoms with Gasteiger partial charge in [0.1, 0.15) is 5.75 Å². The summed E-state index contributed by atoms with van der Waals surface area (Å²) in [6.45, 7) is 0.396. The van der Waals surface area contributed by atoms with E-state index in [9.17, 15) is 5.11 Å². The summed E-state index contributed by atoms with van der Waals surface area (Å²) >= 11 is 9.32. The second-order valence-electron chi connectivity index (χ2n) is 4.30. The second-order valence-corrected chi connectivity index (χ2v) is 5.59. The van der Waals surface area contributed by atoms with E-state index in [1.54, 1.807) is 13.2 Å². The van der Waals surface area contributed by atoms with Crippen molar-refractivity contribution in [3.8, 4) is 5.75 Å². The lowest BCUT2D eigenvalue weighted by atomic mass is 10.1. The van der Waals surface area contributed by atoms with Gasteiger partial charge >= 0.3 is 0 Å². The summed E-state index contributed by atoms with van der Waals surface area (Å²) in [4.78, 5) is 0. The Hall–Kier alpha value is -1.23. The van der Waals surface area contributed by atoms with E-state index in [0.717, 1.165) is 21.5 Å². The van der Waals surface area contributed by atoms with Gasteiger partial charge in [-0.15, -0.1) is 0 Å². The van der Waals surface area contributed by atoms with Crippen LogP contribution in [-0.2, 0) is 0 Å². The van der Waals surface area contributed by atoms with E-state index < -0.39 is 6.10 Å². The quantitative estimate of drug-likeness (QED) is 0.841. The number of aliphatic hydroxyl groups is 1. The minimum absolute atomic E-state index is 0.396. The van der Waals surface area contributed by atoms with E-state index in [1.807, 2.05) is 36.4 Å². The summed E-state index contributed by atoms with van der Waals surface area (Å²) in [5.74, 6) is 0.731. The van der Waals surface area contributed by atoms with E-state index in [2.05, 4.69) is 21.2 Å². The first kappa shape index (κ1) is 15.2. The first-order chi connectivity index (χ1) is 9.60. The molecule has 3 nitrogen and oxygen atoms in total. The molecule has 5 heteroatoms. The van der Waals surface area contributed by atoms with Crippen molar-refractivity contribution in [2.24, 2.45) is 0 Å². The van der Waals surface area contributed by atoms with Gasteiger partial charge in [0, 0.05) is 21.7 Å². The average molecular weight is 357 g/mol. The number of hydrogen-bond donors (Lipinski definition) is 2. The molecule has 0 saturated carbocycles. The molecule has 1 atom stereocenters. The van der Waals surface area contributed by atoms with Crippen molar-refractivity contribution in [3.63, 3.8) is 0 Å². The molecule has 0 heterocycles. The molecule has 20 heavy (non-hydrogen) atoms. The van der Waals surface area contributed by atoms with E-state index in [1.165, 1.54) is 0 Å². The molecule has 0 aliphatic carbocycles. The highest BCUT2D eigenvalue weighted by molar-refractivity contribution is 9.10. The Kier molecular flexibility index (Phi) is 5.29. The summed E-state index contributed by atoms with van der Waals surface area (Å²) in [5.41, 5.74) is 1.69. The summed E-state index contributed by atoms with van der Waals surface area (Å²) in [7, 11) is 1.61. The number of nitrogens with one attached hydrogen (secondary N) is 1. The fourth-order valence-electron chi connectivity index (χ4n) is 1.81. The monoisotopic (exact) mass is 355 g/mol. The Morgan fingerprint density at radius 2 is 2.10 bits per heavy atom. The third-order valence-electron chi connectivity index (χ3n) is 2.90. The summed E-state index contributed by atoms with van der Waals surface area (Å²) in [6, 6.07) is 12.9. The molecule has 0 saturated heterocycles. The molecule has 0 fully saturated rings. The van der Waals surface area contributed by atoms with Crippen molar-refractivity contribution in [2.75, 3.05) is 19.0 Å². The van der Waals surface area contributed by atoms with Gasteiger partial charge in [0.05, 0.1) is 13.2 Å². The number of rotatable bonds is 5. The van der Waals surface area contributed by atoms with Gasteiger partial charge in [-0.1, -0.05) is 23.7 Å². The van der Waals surface area contributed by atoms with Gasteiger partial charge in [0.15, 0.2) is 0 Å². The van der Waals surface area contributed by atoms with Gasteiger partial charge in [-0.25, -0.2) is 0 Å². The van der Waals surface area contributed by atoms with Crippen LogP contribution in [0.1, 0.15) is 11.7 Å². The molecule has 0 spiro atoms. The lowest BCUT2D eigenvalue weighted by Crippen LogP contribution is -2.12. The van der Waals surface area contributed by atoms with Crippen LogP contribution in [0.4, 0.5) is 5.69 Å². The van der Waals surface area contributed by atoms with Gasteiger partial charge in [-0.3, -0.25) is 0 Å². The van der Waals surface area contributed by atoms with Crippen molar-refractivity contribution >= 4 is 33.2 Å². The molecule has 2 aromatic rings. The van der Waals surface area contributed by atoms with Crippen LogP contribution in [0.2, 0.25) is 5.02 Å². The maximum atomic E-state index is 10.2. The molecule has 2 rings (SSSR count). The third-order valence-corrected chi connectivity index (χ3v) is 3.79. The minimum Gasteiger partial charge on any atom is -0.497 e. The lowest BCUT2D eigenvalue weighted by Gasteiger charge is -2.15. The normalized spacial score (nSPS) is 12.0. The van der Waals surface area contributed by atoms with Crippen LogP contribution in [-0.4, -0.2) is 18.8 Å². The third kappa shape index (κ3) is 3.88. The predicted molar refractivity (Wildman–Crippen MR) is 85.6 cm³/mol. The highest BCUT2D eigenvalue weighted by Crippen LogP contribution is 2.27. The van der Waals surface area contributed by atoms with E-state index in [4.69, 9.17) is 16.3 Å². The molecule has 0 aromatic heterocycles. The Balaban J connectivity index is 2.02. The van der Waals surface area contributed by atoms with Crippen molar-refractivity contribution in [3.05, 3.63) is 57.5 Å². The largest absolute Gasteiger partial charge is 0.497 e. The average Bonchev–Trinajstić information content (AvgIpc) is 2.46. The first-order valence-corrected chi connectivity index (χ1v) is 7.28. The van der Waals surface area contributed by atoms with Crippen LogP contribution in [0, 0.1) is 0 Å². The molecule has 0 aliphatic rings. The van der Waals surface area contributed by atoms with E-state index >= 15 is 0 Å². The maximum absolute atomic E-state index is 10.2. The fourth-order valence-corrected chi connectivity index (χ4v) is 2.63. The number of ether oxygens (including phenoxy) is 1. The van der Waals surface area contributed by atoms with Crippen LogP contribution in [0.15, 0.2) is 46.9 Å². The molecular weight excluding hydrogens is 342 g/mol. The molecule has 0 amide bonds. The molecule has 106 valence electrons. The zero-order chi connectivity index (χ0) is 14.5. The van der Waals surface area contributed by atoms with Gasteiger partial charge in [-0.2, -0.15) is 0 Å². The Bertz CT molecular complexity index is 592. The highest BCUT2D eigenvalue weighted by atomic mass is 79.9. The Morgan fingerprint density at radius 3 is 2.80 bits per heavy atom. The number of anilines is 1. The van der Waals surface area contributed by atoms with Crippen LogP contribution >= 0.6 is 27.5 Å².